The number of ether oxygens (including phenoxy) is 3. The molecular formula is C27H28N2O7. The third-order valence-corrected chi connectivity index (χ3v) is 6.21. The van der Waals surface area contributed by atoms with Crippen molar-refractivity contribution in [2.24, 2.45) is 0 Å². The number of methoxy groups -OCH3 is 2. The van der Waals surface area contributed by atoms with Crippen LogP contribution in [0.1, 0.15) is 38.8 Å². The lowest BCUT2D eigenvalue weighted by Gasteiger charge is -2.29. The molecule has 2 aliphatic rings. The third-order valence-electron chi connectivity index (χ3n) is 6.21. The molecular weight excluding hydrogens is 464 g/mol. The molecule has 9 nitrogen and oxygen atoms in total. The Hall–Kier alpha value is -4.14. The van der Waals surface area contributed by atoms with Crippen LogP contribution >= 0.6 is 0 Å². The van der Waals surface area contributed by atoms with Gasteiger partial charge in [-0.2, -0.15) is 0 Å². The van der Waals surface area contributed by atoms with Gasteiger partial charge in [0, 0.05) is 18.7 Å². The van der Waals surface area contributed by atoms with Crippen LogP contribution < -0.4 is 14.5 Å². The standard InChI is InChI=1S/C27H28N2O7/c1-16(30)29-22-12-11-18(34-5)13-19(22)27(24(29)32)14-17-9-7-8-10-21(17)28(15-20(27)23(31)35-6)25(33)36-26(2,3)4/h7-13,15H,14H2,1-6H3. The lowest BCUT2D eigenvalue weighted by Crippen LogP contribution is -2.47. The van der Waals surface area contributed by atoms with E-state index in [1.807, 2.05) is 0 Å². The first-order valence-corrected chi connectivity index (χ1v) is 11.4. The summed E-state index contributed by atoms with van der Waals surface area (Å²) in [7, 11) is 2.68. The highest BCUT2D eigenvalue weighted by atomic mass is 16.6. The number of benzene rings is 2. The van der Waals surface area contributed by atoms with Crippen molar-refractivity contribution in [1.29, 1.82) is 0 Å². The fraction of sp³-hybridized carbons (Fsp3) is 0.333. The van der Waals surface area contributed by atoms with Crippen LogP contribution in [0.25, 0.3) is 0 Å². The largest absolute Gasteiger partial charge is 0.497 e. The Labute approximate surface area is 209 Å². The van der Waals surface area contributed by atoms with Gasteiger partial charge < -0.3 is 14.2 Å². The molecule has 2 heterocycles. The molecule has 0 N–H and O–H groups in total. The molecule has 2 aromatic rings. The van der Waals surface area contributed by atoms with Gasteiger partial charge in [0.1, 0.15) is 16.8 Å². The number of amides is 3. The number of imide groups is 1. The van der Waals surface area contributed by atoms with E-state index in [1.54, 1.807) is 63.2 Å². The average Bonchev–Trinajstić information content (AvgIpc) is 2.96. The van der Waals surface area contributed by atoms with Gasteiger partial charge in [-0.05, 0) is 57.0 Å². The van der Waals surface area contributed by atoms with E-state index in [1.165, 1.54) is 32.2 Å². The summed E-state index contributed by atoms with van der Waals surface area (Å²) in [6.07, 6.45) is 0.552. The summed E-state index contributed by atoms with van der Waals surface area (Å²) < 4.78 is 16.1. The molecule has 0 fully saturated rings. The summed E-state index contributed by atoms with van der Waals surface area (Å²) >= 11 is 0. The second kappa shape index (κ2) is 8.82. The normalized spacial score (nSPS) is 18.7. The number of nitrogens with zero attached hydrogens (tertiary/aromatic N) is 2. The number of carbonyl (C=O) groups excluding carboxylic acids is 4. The molecule has 188 valence electrons. The summed E-state index contributed by atoms with van der Waals surface area (Å²) in [4.78, 5) is 55.7. The van der Waals surface area contributed by atoms with Gasteiger partial charge in [0.15, 0.2) is 0 Å². The lowest BCUT2D eigenvalue weighted by molar-refractivity contribution is -0.139. The van der Waals surface area contributed by atoms with Crippen LogP contribution in [0.4, 0.5) is 16.2 Å². The number of hydrogen-bond acceptors (Lipinski definition) is 7. The minimum atomic E-state index is -1.66. The first kappa shape index (κ1) is 25.0. The van der Waals surface area contributed by atoms with E-state index < -0.39 is 34.9 Å². The van der Waals surface area contributed by atoms with Crippen molar-refractivity contribution in [1.82, 2.24) is 0 Å². The Morgan fingerprint density at radius 2 is 1.69 bits per heavy atom. The number of anilines is 2. The minimum absolute atomic E-state index is 0.00775. The molecule has 0 saturated heterocycles. The van der Waals surface area contributed by atoms with E-state index in [9.17, 15) is 19.2 Å². The number of hydrogen-bond donors (Lipinski definition) is 0. The zero-order valence-corrected chi connectivity index (χ0v) is 21.1. The van der Waals surface area contributed by atoms with Gasteiger partial charge in [-0.25, -0.2) is 14.5 Å². The van der Waals surface area contributed by atoms with Crippen molar-refractivity contribution in [3.63, 3.8) is 0 Å². The van der Waals surface area contributed by atoms with Crippen LogP contribution in [0.15, 0.2) is 54.2 Å². The number of esters is 1. The van der Waals surface area contributed by atoms with E-state index in [-0.39, 0.29) is 12.0 Å². The Morgan fingerprint density at radius 1 is 1.00 bits per heavy atom. The maximum absolute atomic E-state index is 14.2. The van der Waals surface area contributed by atoms with Gasteiger partial charge >= 0.3 is 12.1 Å². The molecule has 0 aromatic heterocycles. The first-order valence-electron chi connectivity index (χ1n) is 11.4. The molecule has 9 heteroatoms. The van der Waals surface area contributed by atoms with Crippen LogP contribution in [-0.4, -0.2) is 43.7 Å². The van der Waals surface area contributed by atoms with Crippen molar-refractivity contribution in [3.05, 3.63) is 65.4 Å². The van der Waals surface area contributed by atoms with Crippen molar-refractivity contribution in [2.45, 2.75) is 45.1 Å². The maximum atomic E-state index is 14.2. The summed E-state index contributed by atoms with van der Waals surface area (Å²) in [6, 6.07) is 11.9. The Kier molecular flexibility index (Phi) is 6.12. The number of rotatable bonds is 2. The average molecular weight is 493 g/mol. The Balaban J connectivity index is 2.07. The molecule has 36 heavy (non-hydrogen) atoms. The van der Waals surface area contributed by atoms with Crippen molar-refractivity contribution >= 4 is 35.3 Å². The van der Waals surface area contributed by atoms with Gasteiger partial charge in [0.05, 0.1) is 31.2 Å². The van der Waals surface area contributed by atoms with E-state index in [2.05, 4.69) is 0 Å². The highest BCUT2D eigenvalue weighted by Crippen LogP contribution is 2.52. The molecule has 1 unspecified atom stereocenters. The summed E-state index contributed by atoms with van der Waals surface area (Å²) in [5.41, 5.74) is -0.782. The Morgan fingerprint density at radius 3 is 2.31 bits per heavy atom. The van der Waals surface area contributed by atoms with Gasteiger partial charge in [-0.1, -0.05) is 18.2 Å². The topological polar surface area (TPSA) is 102 Å². The fourth-order valence-corrected chi connectivity index (χ4v) is 4.72. The van der Waals surface area contributed by atoms with Gasteiger partial charge in [0.2, 0.25) is 11.8 Å². The van der Waals surface area contributed by atoms with E-state index in [0.717, 1.165) is 4.90 Å². The zero-order valence-electron chi connectivity index (χ0n) is 21.1. The second-order valence-electron chi connectivity index (χ2n) is 9.64. The maximum Gasteiger partial charge on any atom is 0.418 e. The van der Waals surface area contributed by atoms with E-state index in [4.69, 9.17) is 14.2 Å². The van der Waals surface area contributed by atoms with E-state index in [0.29, 0.717) is 28.3 Å². The smallest absolute Gasteiger partial charge is 0.418 e. The highest BCUT2D eigenvalue weighted by molar-refractivity contribution is 6.26. The lowest BCUT2D eigenvalue weighted by atomic mass is 9.71. The van der Waals surface area contributed by atoms with Crippen molar-refractivity contribution < 1.29 is 33.4 Å². The molecule has 3 amide bonds. The van der Waals surface area contributed by atoms with Crippen LogP contribution in [0.5, 0.6) is 5.75 Å². The predicted molar refractivity (Wildman–Crippen MR) is 132 cm³/mol. The molecule has 1 atom stereocenters. The molecule has 1 spiro atoms. The molecule has 2 aliphatic heterocycles. The number of para-hydroxylation sites is 1. The molecule has 2 aromatic carbocycles. The molecule has 0 bridgehead atoms. The third kappa shape index (κ3) is 3.90. The van der Waals surface area contributed by atoms with Crippen LogP contribution in [0.2, 0.25) is 0 Å². The van der Waals surface area contributed by atoms with Gasteiger partial charge in [-0.15, -0.1) is 0 Å². The Bertz CT molecular complexity index is 1310. The highest BCUT2D eigenvalue weighted by Gasteiger charge is 2.58. The minimum Gasteiger partial charge on any atom is -0.497 e. The SMILES string of the molecule is COC(=O)C1=CN(C(=O)OC(C)(C)C)c2ccccc2CC12C(=O)N(C(C)=O)c1ccc(OC)cc12. The second-order valence-corrected chi connectivity index (χ2v) is 9.64. The summed E-state index contributed by atoms with van der Waals surface area (Å²) in [6.45, 7) is 6.47. The van der Waals surface area contributed by atoms with Crippen molar-refractivity contribution in [2.75, 3.05) is 24.0 Å². The summed E-state index contributed by atoms with van der Waals surface area (Å²) in [5, 5.41) is 0. The van der Waals surface area contributed by atoms with Gasteiger partial charge in [0.25, 0.3) is 0 Å². The molecule has 4 rings (SSSR count). The quantitative estimate of drug-likeness (QED) is 0.586. The number of fused-ring (bicyclic) bond motifs is 3. The van der Waals surface area contributed by atoms with Gasteiger partial charge in [-0.3, -0.25) is 14.5 Å². The van der Waals surface area contributed by atoms with Crippen molar-refractivity contribution in [3.8, 4) is 5.75 Å². The molecule has 0 saturated carbocycles. The van der Waals surface area contributed by atoms with Crippen LogP contribution in [0, 0.1) is 0 Å². The van der Waals surface area contributed by atoms with E-state index >= 15 is 0 Å². The first-order chi connectivity index (χ1) is 16.9. The number of carbonyl (C=O) groups is 4. The summed E-state index contributed by atoms with van der Waals surface area (Å²) in [5.74, 6) is -1.49. The zero-order chi connectivity index (χ0) is 26.4. The van der Waals surface area contributed by atoms with Crippen LogP contribution in [0.3, 0.4) is 0 Å². The van der Waals surface area contributed by atoms with Crippen LogP contribution in [-0.2, 0) is 35.7 Å². The molecule has 0 aliphatic carbocycles. The monoisotopic (exact) mass is 492 g/mol. The predicted octanol–water partition coefficient (Wildman–Crippen LogP) is 3.88. The molecule has 0 radical (unpaired) electrons. The fourth-order valence-electron chi connectivity index (χ4n) is 4.72.